The second-order valence-electron chi connectivity index (χ2n) is 4.92. The first-order valence-electron chi connectivity index (χ1n) is 6.45. The molecular weight excluding hydrogens is 260 g/mol. The Kier molecular flexibility index (Phi) is 3.61. The molecule has 1 aromatic rings. The molecule has 106 valence electrons. The van der Waals surface area contributed by atoms with Crippen molar-refractivity contribution in [3.8, 4) is 5.75 Å². The third-order valence-corrected chi connectivity index (χ3v) is 3.76. The number of ether oxygens (including phenoxy) is 1. The maximum Gasteiger partial charge on any atom is 0.341 e. The smallest absolute Gasteiger partial charge is 0.341 e. The van der Waals surface area contributed by atoms with Gasteiger partial charge in [0.25, 0.3) is 0 Å². The molecule has 1 aliphatic carbocycles. The maximum absolute atomic E-state index is 12.2. The Bertz CT molecular complexity index is 615. The van der Waals surface area contributed by atoms with Crippen LogP contribution in [0.2, 0.25) is 0 Å². The minimum absolute atomic E-state index is 0.141. The summed E-state index contributed by atoms with van der Waals surface area (Å²) in [5, 5.41) is 8.66. The van der Waals surface area contributed by atoms with E-state index in [-0.39, 0.29) is 11.6 Å². The van der Waals surface area contributed by atoms with E-state index in [0.717, 1.165) is 0 Å². The lowest BCUT2D eigenvalue weighted by Gasteiger charge is -2.12. The van der Waals surface area contributed by atoms with Gasteiger partial charge in [-0.1, -0.05) is 6.92 Å². The molecule has 0 fully saturated rings. The van der Waals surface area contributed by atoms with Gasteiger partial charge >= 0.3 is 5.97 Å². The van der Waals surface area contributed by atoms with Crippen LogP contribution >= 0.6 is 0 Å². The van der Waals surface area contributed by atoms with Crippen LogP contribution in [0, 0.1) is 19.8 Å². The van der Waals surface area contributed by atoms with Crippen molar-refractivity contribution in [2.24, 2.45) is 5.92 Å². The fraction of sp³-hybridized carbons (Fsp3) is 0.400. The number of ketones is 2. The van der Waals surface area contributed by atoms with Crippen molar-refractivity contribution < 1.29 is 24.2 Å². The average molecular weight is 276 g/mol. The Morgan fingerprint density at radius 2 is 1.90 bits per heavy atom. The molecule has 0 amide bonds. The summed E-state index contributed by atoms with van der Waals surface area (Å²) in [7, 11) is 0. The third-order valence-electron chi connectivity index (χ3n) is 3.76. The Labute approximate surface area is 116 Å². The molecule has 0 spiro atoms. The standard InChI is InChI=1S/C15H16O5/c1-4-9-14(18)10-5-11(20-6-12(16)17)7(2)8(3)13(10)15(9)19/h5,9H,4,6H2,1-3H3,(H,16,17)/t9-/m1/s1. The van der Waals surface area contributed by atoms with Gasteiger partial charge in [0.1, 0.15) is 5.75 Å². The van der Waals surface area contributed by atoms with E-state index in [9.17, 15) is 14.4 Å². The predicted octanol–water partition coefficient (Wildman–Crippen LogP) is 2.17. The van der Waals surface area contributed by atoms with Gasteiger partial charge in [-0.05, 0) is 37.5 Å². The second-order valence-corrected chi connectivity index (χ2v) is 4.92. The van der Waals surface area contributed by atoms with Crippen LogP contribution in [-0.4, -0.2) is 29.2 Å². The van der Waals surface area contributed by atoms with Crippen molar-refractivity contribution in [2.45, 2.75) is 27.2 Å². The van der Waals surface area contributed by atoms with Crippen molar-refractivity contribution in [3.63, 3.8) is 0 Å². The van der Waals surface area contributed by atoms with E-state index in [4.69, 9.17) is 9.84 Å². The molecule has 0 saturated heterocycles. The molecule has 0 aromatic heterocycles. The van der Waals surface area contributed by atoms with Crippen LogP contribution in [0.5, 0.6) is 5.75 Å². The van der Waals surface area contributed by atoms with Crippen LogP contribution in [0.25, 0.3) is 0 Å². The van der Waals surface area contributed by atoms with Gasteiger partial charge in [-0.15, -0.1) is 0 Å². The molecule has 0 saturated carbocycles. The highest BCUT2D eigenvalue weighted by Gasteiger charge is 2.39. The molecule has 1 aromatic carbocycles. The van der Waals surface area contributed by atoms with E-state index in [1.54, 1.807) is 20.8 Å². The predicted molar refractivity (Wildman–Crippen MR) is 71.5 cm³/mol. The largest absolute Gasteiger partial charge is 0.482 e. The maximum atomic E-state index is 12.2. The molecule has 5 nitrogen and oxygen atoms in total. The highest BCUT2D eigenvalue weighted by molar-refractivity contribution is 6.27. The van der Waals surface area contributed by atoms with E-state index >= 15 is 0 Å². The summed E-state index contributed by atoms with van der Waals surface area (Å²) in [5.74, 6) is -1.69. The quantitative estimate of drug-likeness (QED) is 0.852. The summed E-state index contributed by atoms with van der Waals surface area (Å²) < 4.78 is 5.19. The van der Waals surface area contributed by atoms with E-state index < -0.39 is 18.5 Å². The van der Waals surface area contributed by atoms with Crippen molar-refractivity contribution in [1.82, 2.24) is 0 Å². The summed E-state index contributed by atoms with van der Waals surface area (Å²) in [4.78, 5) is 35.0. The monoisotopic (exact) mass is 276 g/mol. The number of rotatable bonds is 4. The van der Waals surface area contributed by atoms with E-state index in [1.807, 2.05) is 0 Å². The molecule has 1 N–H and O–H groups in total. The Morgan fingerprint density at radius 1 is 1.25 bits per heavy atom. The molecule has 0 aliphatic heterocycles. The zero-order valence-corrected chi connectivity index (χ0v) is 11.6. The van der Waals surface area contributed by atoms with Gasteiger partial charge in [-0.2, -0.15) is 0 Å². The van der Waals surface area contributed by atoms with Crippen LogP contribution in [0.15, 0.2) is 6.07 Å². The van der Waals surface area contributed by atoms with E-state index in [2.05, 4.69) is 0 Å². The zero-order valence-electron chi connectivity index (χ0n) is 11.6. The van der Waals surface area contributed by atoms with Crippen LogP contribution in [-0.2, 0) is 4.79 Å². The molecule has 5 heteroatoms. The van der Waals surface area contributed by atoms with Crippen molar-refractivity contribution >= 4 is 17.5 Å². The lowest BCUT2D eigenvalue weighted by molar-refractivity contribution is -0.139. The average Bonchev–Trinajstić information content (AvgIpc) is 2.63. The van der Waals surface area contributed by atoms with Crippen LogP contribution < -0.4 is 4.74 Å². The lowest BCUT2D eigenvalue weighted by atomic mass is 9.97. The second kappa shape index (κ2) is 5.07. The number of fused-ring (bicyclic) bond motifs is 1. The highest BCUT2D eigenvalue weighted by Crippen LogP contribution is 2.36. The van der Waals surface area contributed by atoms with Gasteiger partial charge in [0.05, 0.1) is 5.92 Å². The Hall–Kier alpha value is -2.17. The van der Waals surface area contributed by atoms with Crippen molar-refractivity contribution in [1.29, 1.82) is 0 Å². The van der Waals surface area contributed by atoms with Gasteiger partial charge in [0.2, 0.25) is 0 Å². The molecule has 20 heavy (non-hydrogen) atoms. The van der Waals surface area contributed by atoms with Crippen molar-refractivity contribution in [3.05, 3.63) is 28.3 Å². The number of benzene rings is 1. The summed E-state index contributed by atoms with van der Waals surface area (Å²) in [5.41, 5.74) is 2.20. The minimum Gasteiger partial charge on any atom is -0.482 e. The Morgan fingerprint density at radius 3 is 2.45 bits per heavy atom. The first kappa shape index (κ1) is 14.2. The topological polar surface area (TPSA) is 80.7 Å². The van der Waals surface area contributed by atoms with Gasteiger partial charge < -0.3 is 9.84 Å². The molecule has 0 radical (unpaired) electrons. The summed E-state index contributed by atoms with van der Waals surface area (Å²) >= 11 is 0. The summed E-state index contributed by atoms with van der Waals surface area (Å²) in [6.45, 7) is 4.84. The first-order chi connectivity index (χ1) is 9.38. The number of aliphatic carboxylic acids is 1. The minimum atomic E-state index is -1.09. The van der Waals surface area contributed by atoms with Crippen molar-refractivity contribution in [2.75, 3.05) is 6.61 Å². The van der Waals surface area contributed by atoms with Gasteiger partial charge in [0, 0.05) is 11.1 Å². The number of Topliss-reactive ketones (excluding diaryl/α,β-unsaturated/α-hetero) is 2. The SMILES string of the molecule is CC[C@@H]1C(=O)c2cc(OCC(=O)O)c(C)c(C)c2C1=O. The number of hydrogen-bond acceptors (Lipinski definition) is 4. The van der Waals surface area contributed by atoms with E-state index in [1.165, 1.54) is 6.07 Å². The van der Waals surface area contributed by atoms with Gasteiger partial charge in [-0.25, -0.2) is 4.79 Å². The number of carbonyl (C=O) groups excluding carboxylic acids is 2. The number of carboxylic acid groups (broad SMARTS) is 1. The Balaban J connectivity index is 2.51. The fourth-order valence-corrected chi connectivity index (χ4v) is 2.54. The van der Waals surface area contributed by atoms with Crippen LogP contribution in [0.1, 0.15) is 45.2 Å². The molecule has 1 aliphatic rings. The fourth-order valence-electron chi connectivity index (χ4n) is 2.54. The van der Waals surface area contributed by atoms with Gasteiger partial charge in [-0.3, -0.25) is 9.59 Å². The number of carbonyl (C=O) groups is 3. The van der Waals surface area contributed by atoms with E-state index in [0.29, 0.717) is 34.4 Å². The first-order valence-corrected chi connectivity index (χ1v) is 6.45. The molecule has 0 bridgehead atoms. The normalized spacial score (nSPS) is 17.2. The van der Waals surface area contributed by atoms with Crippen LogP contribution in [0.4, 0.5) is 0 Å². The number of hydrogen-bond donors (Lipinski definition) is 1. The molecular formula is C15H16O5. The molecule has 0 heterocycles. The molecule has 1 atom stereocenters. The number of carboxylic acids is 1. The zero-order chi connectivity index (χ0) is 15.0. The summed E-state index contributed by atoms with van der Waals surface area (Å²) in [6, 6.07) is 1.50. The lowest BCUT2D eigenvalue weighted by Crippen LogP contribution is -2.13. The van der Waals surface area contributed by atoms with Crippen LogP contribution in [0.3, 0.4) is 0 Å². The molecule has 0 unspecified atom stereocenters. The van der Waals surface area contributed by atoms with Gasteiger partial charge in [0.15, 0.2) is 18.2 Å². The highest BCUT2D eigenvalue weighted by atomic mass is 16.5. The summed E-state index contributed by atoms with van der Waals surface area (Å²) in [6.07, 6.45) is 0.468. The molecule has 2 rings (SSSR count). The third kappa shape index (κ3) is 2.09.